The number of halogens is 4. The van der Waals surface area contributed by atoms with E-state index in [0.717, 1.165) is 16.3 Å². The molecule has 0 aliphatic carbocycles. The summed E-state index contributed by atoms with van der Waals surface area (Å²) in [6.45, 7) is -1.29. The van der Waals surface area contributed by atoms with Crippen molar-refractivity contribution in [3.8, 4) is 17.6 Å². The van der Waals surface area contributed by atoms with Gasteiger partial charge < -0.3 is 4.74 Å². The van der Waals surface area contributed by atoms with Crippen molar-refractivity contribution in [3.05, 3.63) is 42.0 Å². The highest BCUT2D eigenvalue weighted by Gasteiger charge is 2.28. The first kappa shape index (κ1) is 14.5. The molecule has 0 radical (unpaired) electrons. The van der Waals surface area contributed by atoms with Crippen LogP contribution in [0.25, 0.3) is 10.8 Å². The summed E-state index contributed by atoms with van der Waals surface area (Å²) in [4.78, 5) is 0. The van der Waals surface area contributed by atoms with Crippen LogP contribution in [0.5, 0.6) is 5.75 Å². The fraction of sp³-hybridized carbons (Fsp3) is 0.200. The summed E-state index contributed by atoms with van der Waals surface area (Å²) in [5.41, 5.74) is 0.808. The van der Waals surface area contributed by atoms with Gasteiger partial charge in [-0.1, -0.05) is 24.0 Å². The first-order valence-electron chi connectivity index (χ1n) is 5.76. The van der Waals surface area contributed by atoms with Crippen LogP contribution in [0.1, 0.15) is 5.56 Å². The summed E-state index contributed by atoms with van der Waals surface area (Å²) in [7, 11) is 0. The van der Waals surface area contributed by atoms with Crippen molar-refractivity contribution in [3.63, 3.8) is 0 Å². The molecule has 0 heterocycles. The van der Waals surface area contributed by atoms with Crippen LogP contribution in [0.15, 0.2) is 36.4 Å². The predicted octanol–water partition coefficient (Wildman–Crippen LogP) is 4.37. The van der Waals surface area contributed by atoms with Crippen LogP contribution in [0.3, 0.4) is 0 Å². The third-order valence-corrected chi connectivity index (χ3v) is 2.65. The lowest BCUT2D eigenvalue weighted by Crippen LogP contribution is -2.19. The molecule has 0 unspecified atom stereocenters. The number of fused-ring (bicyclic) bond motifs is 1. The second-order valence-corrected chi connectivity index (χ2v) is 4.33. The molecule has 0 amide bonds. The zero-order valence-electron chi connectivity index (χ0n) is 10.3. The molecule has 0 N–H and O–H groups in total. The van der Waals surface area contributed by atoms with E-state index in [4.69, 9.17) is 16.3 Å². The average Bonchev–Trinajstić information content (AvgIpc) is 2.41. The maximum atomic E-state index is 12.1. The Labute approximate surface area is 119 Å². The zero-order chi connectivity index (χ0) is 14.6. The summed E-state index contributed by atoms with van der Waals surface area (Å²) >= 11 is 5.48. The third-order valence-electron chi connectivity index (χ3n) is 2.51. The van der Waals surface area contributed by atoms with Crippen molar-refractivity contribution < 1.29 is 17.9 Å². The highest BCUT2D eigenvalue weighted by atomic mass is 35.5. The topological polar surface area (TPSA) is 9.23 Å². The quantitative estimate of drug-likeness (QED) is 0.591. The molecule has 0 aliphatic rings. The van der Waals surface area contributed by atoms with E-state index in [2.05, 4.69) is 11.8 Å². The van der Waals surface area contributed by atoms with Gasteiger partial charge in [-0.3, -0.25) is 0 Å². The van der Waals surface area contributed by atoms with Gasteiger partial charge in [0.1, 0.15) is 5.75 Å². The number of rotatable bonds is 2. The normalized spacial score (nSPS) is 11.0. The molecule has 0 atom stereocenters. The van der Waals surface area contributed by atoms with Crippen LogP contribution in [0, 0.1) is 11.8 Å². The second kappa shape index (κ2) is 6.06. The summed E-state index contributed by atoms with van der Waals surface area (Å²) in [6.07, 6.45) is -4.34. The molecule has 0 saturated carbocycles. The van der Waals surface area contributed by atoms with Crippen LogP contribution < -0.4 is 4.74 Å². The monoisotopic (exact) mass is 298 g/mol. The number of ether oxygens (including phenoxy) is 1. The van der Waals surface area contributed by atoms with E-state index in [0.29, 0.717) is 0 Å². The van der Waals surface area contributed by atoms with Gasteiger partial charge in [0, 0.05) is 5.56 Å². The summed E-state index contributed by atoms with van der Waals surface area (Å²) < 4.78 is 40.9. The molecule has 104 valence electrons. The van der Waals surface area contributed by atoms with Crippen LogP contribution in [-0.4, -0.2) is 18.7 Å². The minimum Gasteiger partial charge on any atom is -0.484 e. The Hall–Kier alpha value is -1.86. The molecular formula is C15H10ClF3O. The van der Waals surface area contributed by atoms with Gasteiger partial charge in [0.05, 0.1) is 5.88 Å². The SMILES string of the molecule is FC(F)(F)COc1ccc2cc(C#CCCl)ccc2c1. The molecule has 2 aromatic rings. The Morgan fingerprint density at radius 3 is 2.45 bits per heavy atom. The van der Waals surface area contributed by atoms with Crippen molar-refractivity contribution in [2.75, 3.05) is 12.5 Å². The largest absolute Gasteiger partial charge is 0.484 e. The Kier molecular flexibility index (Phi) is 4.41. The van der Waals surface area contributed by atoms with E-state index in [1.165, 1.54) is 6.07 Å². The van der Waals surface area contributed by atoms with Crippen molar-refractivity contribution in [1.29, 1.82) is 0 Å². The van der Waals surface area contributed by atoms with Gasteiger partial charge in [-0.15, -0.1) is 11.6 Å². The summed E-state index contributed by atoms with van der Waals surface area (Å²) in [6, 6.07) is 10.2. The predicted molar refractivity (Wildman–Crippen MR) is 73.1 cm³/mol. The van der Waals surface area contributed by atoms with Gasteiger partial charge in [-0.2, -0.15) is 13.2 Å². The Bertz CT molecular complexity index is 668. The van der Waals surface area contributed by atoms with Crippen molar-refractivity contribution in [1.82, 2.24) is 0 Å². The third kappa shape index (κ3) is 4.07. The van der Waals surface area contributed by atoms with Crippen molar-refractivity contribution in [2.24, 2.45) is 0 Å². The van der Waals surface area contributed by atoms with E-state index in [-0.39, 0.29) is 11.6 Å². The van der Waals surface area contributed by atoms with Crippen LogP contribution >= 0.6 is 11.6 Å². The minimum atomic E-state index is -4.34. The Balaban J connectivity index is 2.23. The number of hydrogen-bond acceptors (Lipinski definition) is 1. The van der Waals surface area contributed by atoms with Gasteiger partial charge in [-0.25, -0.2) is 0 Å². The molecule has 0 fully saturated rings. The van der Waals surface area contributed by atoms with Gasteiger partial charge >= 0.3 is 6.18 Å². The van der Waals surface area contributed by atoms with Gasteiger partial charge in [0.15, 0.2) is 6.61 Å². The van der Waals surface area contributed by atoms with E-state index in [1.807, 2.05) is 6.07 Å². The molecule has 1 nitrogen and oxygen atoms in total. The fourth-order valence-electron chi connectivity index (χ4n) is 1.69. The zero-order valence-corrected chi connectivity index (χ0v) is 11.1. The molecule has 2 rings (SSSR count). The summed E-state index contributed by atoms with van der Waals surface area (Å²) in [5.74, 6) is 6.07. The molecule has 0 spiro atoms. The summed E-state index contributed by atoms with van der Waals surface area (Å²) in [5, 5.41) is 1.67. The first-order valence-corrected chi connectivity index (χ1v) is 6.29. The molecule has 0 aliphatic heterocycles. The Morgan fingerprint density at radius 2 is 1.75 bits per heavy atom. The molecule has 0 bridgehead atoms. The molecular weight excluding hydrogens is 289 g/mol. The molecule has 2 aromatic carbocycles. The van der Waals surface area contributed by atoms with Gasteiger partial charge in [0.2, 0.25) is 0 Å². The number of hydrogen-bond donors (Lipinski definition) is 0. The first-order chi connectivity index (χ1) is 9.48. The van der Waals surface area contributed by atoms with Crippen molar-refractivity contribution >= 4 is 22.4 Å². The van der Waals surface area contributed by atoms with E-state index in [9.17, 15) is 13.2 Å². The molecule has 0 aromatic heterocycles. The van der Waals surface area contributed by atoms with Crippen LogP contribution in [-0.2, 0) is 0 Å². The fourth-order valence-corrected chi connectivity index (χ4v) is 1.76. The van der Waals surface area contributed by atoms with Crippen molar-refractivity contribution in [2.45, 2.75) is 6.18 Å². The lowest BCUT2D eigenvalue weighted by Gasteiger charge is -2.09. The maximum Gasteiger partial charge on any atom is 0.422 e. The van der Waals surface area contributed by atoms with Crippen LogP contribution in [0.2, 0.25) is 0 Å². The highest BCUT2D eigenvalue weighted by Crippen LogP contribution is 2.24. The molecule has 0 saturated heterocycles. The maximum absolute atomic E-state index is 12.1. The highest BCUT2D eigenvalue weighted by molar-refractivity contribution is 6.19. The smallest absolute Gasteiger partial charge is 0.422 e. The minimum absolute atomic E-state index is 0.189. The number of benzene rings is 2. The van der Waals surface area contributed by atoms with Gasteiger partial charge in [0.25, 0.3) is 0 Å². The Morgan fingerprint density at radius 1 is 1.05 bits per heavy atom. The van der Waals surface area contributed by atoms with Crippen LogP contribution in [0.4, 0.5) is 13.2 Å². The van der Waals surface area contributed by atoms with Gasteiger partial charge in [-0.05, 0) is 35.0 Å². The van der Waals surface area contributed by atoms with E-state index >= 15 is 0 Å². The lowest BCUT2D eigenvalue weighted by molar-refractivity contribution is -0.153. The standard InChI is InChI=1S/C15H10ClF3O/c16-7-1-2-11-3-4-13-9-14(6-5-12(13)8-11)20-10-15(17,18)19/h3-6,8-9H,7,10H2. The molecule has 5 heteroatoms. The molecule has 20 heavy (non-hydrogen) atoms. The second-order valence-electron chi connectivity index (χ2n) is 4.06. The van der Waals surface area contributed by atoms with E-state index < -0.39 is 12.8 Å². The van der Waals surface area contributed by atoms with E-state index in [1.54, 1.807) is 24.3 Å². The lowest BCUT2D eigenvalue weighted by atomic mass is 10.1. The number of alkyl halides is 4. The average molecular weight is 299 g/mol.